The summed E-state index contributed by atoms with van der Waals surface area (Å²) in [6.45, 7) is 2.34. The van der Waals surface area contributed by atoms with Crippen molar-refractivity contribution in [1.29, 1.82) is 0 Å². The maximum Gasteiger partial charge on any atom is 0.355 e. The van der Waals surface area contributed by atoms with Crippen LogP contribution in [0.3, 0.4) is 0 Å². The highest BCUT2D eigenvalue weighted by Gasteiger charge is 2.21. The molecular weight excluding hydrogens is 434 g/mol. The van der Waals surface area contributed by atoms with E-state index in [0.717, 1.165) is 21.3 Å². The van der Waals surface area contributed by atoms with Crippen LogP contribution in [-0.4, -0.2) is 23.6 Å². The predicted molar refractivity (Wildman–Crippen MR) is 122 cm³/mol. The van der Waals surface area contributed by atoms with Gasteiger partial charge in [0.15, 0.2) is 0 Å². The monoisotopic (exact) mass is 453 g/mol. The van der Waals surface area contributed by atoms with Gasteiger partial charge in [0, 0.05) is 11.6 Å². The molecule has 2 aromatic carbocycles. The number of rotatable bonds is 6. The predicted octanol–water partition coefficient (Wildman–Crippen LogP) is 6.11. The second-order valence-electron chi connectivity index (χ2n) is 7.07. The second kappa shape index (κ2) is 8.96. The van der Waals surface area contributed by atoms with Gasteiger partial charge in [0.1, 0.15) is 11.8 Å². The van der Waals surface area contributed by atoms with Crippen LogP contribution in [0.5, 0.6) is 0 Å². The number of esters is 2. The first-order chi connectivity index (χ1) is 15.0. The van der Waals surface area contributed by atoms with E-state index in [1.807, 2.05) is 46.3 Å². The van der Waals surface area contributed by atoms with Crippen LogP contribution in [0.1, 0.15) is 45.0 Å². The summed E-state index contributed by atoms with van der Waals surface area (Å²) in [7, 11) is 1.34. The van der Waals surface area contributed by atoms with Crippen LogP contribution in [0.4, 0.5) is 0 Å². The summed E-state index contributed by atoms with van der Waals surface area (Å²) in [5.41, 5.74) is 3.76. The van der Waals surface area contributed by atoms with E-state index >= 15 is 0 Å². The Bertz CT molecular complexity index is 1220. The molecule has 0 aliphatic carbocycles. The van der Waals surface area contributed by atoms with Crippen molar-refractivity contribution in [3.63, 3.8) is 0 Å². The van der Waals surface area contributed by atoms with E-state index in [0.29, 0.717) is 22.8 Å². The van der Waals surface area contributed by atoms with Crippen LogP contribution in [0.2, 0.25) is 5.02 Å². The largest absolute Gasteiger partial charge is 0.465 e. The SMILES string of the molecule is COC(=O)c1ccc([C@H](C)OC(=O)c2cc3sccc3n2Cc2ccc(Cl)cc2)cc1. The number of nitrogens with zero attached hydrogens (tertiary/aromatic N) is 1. The molecule has 0 spiro atoms. The van der Waals surface area contributed by atoms with E-state index in [1.54, 1.807) is 42.5 Å². The van der Waals surface area contributed by atoms with Crippen molar-refractivity contribution < 1.29 is 19.1 Å². The van der Waals surface area contributed by atoms with Gasteiger partial charge < -0.3 is 14.0 Å². The van der Waals surface area contributed by atoms with E-state index in [1.165, 1.54) is 7.11 Å². The topological polar surface area (TPSA) is 57.5 Å². The summed E-state index contributed by atoms with van der Waals surface area (Å²) in [6, 6.07) is 18.3. The number of thiophene rings is 1. The zero-order valence-electron chi connectivity index (χ0n) is 17.0. The molecule has 0 N–H and O–H groups in total. The van der Waals surface area contributed by atoms with Gasteiger partial charge in [0.05, 0.1) is 22.9 Å². The van der Waals surface area contributed by atoms with Crippen molar-refractivity contribution in [2.24, 2.45) is 0 Å². The third-order valence-corrected chi connectivity index (χ3v) is 6.18. The molecule has 0 aliphatic heterocycles. The molecule has 0 unspecified atom stereocenters. The fraction of sp³-hybridized carbons (Fsp3) is 0.167. The van der Waals surface area contributed by atoms with Gasteiger partial charge in [0.2, 0.25) is 0 Å². The molecule has 0 saturated carbocycles. The lowest BCUT2D eigenvalue weighted by atomic mass is 10.1. The quantitative estimate of drug-likeness (QED) is 0.330. The summed E-state index contributed by atoms with van der Waals surface area (Å²) in [4.78, 5) is 24.7. The molecule has 31 heavy (non-hydrogen) atoms. The number of benzene rings is 2. The maximum atomic E-state index is 13.0. The number of hydrogen-bond donors (Lipinski definition) is 0. The lowest BCUT2D eigenvalue weighted by Crippen LogP contribution is -2.15. The van der Waals surface area contributed by atoms with Crippen LogP contribution >= 0.6 is 22.9 Å². The molecule has 0 saturated heterocycles. The van der Waals surface area contributed by atoms with Gasteiger partial charge in [-0.2, -0.15) is 0 Å². The van der Waals surface area contributed by atoms with Crippen LogP contribution in [0.25, 0.3) is 10.2 Å². The van der Waals surface area contributed by atoms with Crippen LogP contribution in [-0.2, 0) is 16.0 Å². The molecule has 4 aromatic rings. The Labute approximate surface area is 188 Å². The Balaban J connectivity index is 1.56. The second-order valence-corrected chi connectivity index (χ2v) is 8.46. The molecule has 1 atom stereocenters. The maximum absolute atomic E-state index is 13.0. The minimum atomic E-state index is -0.476. The van der Waals surface area contributed by atoms with Crippen molar-refractivity contribution in [3.05, 3.63) is 93.5 Å². The fourth-order valence-corrected chi connectivity index (χ4v) is 4.33. The molecule has 0 aliphatic rings. The highest BCUT2D eigenvalue weighted by Crippen LogP contribution is 2.28. The molecule has 2 heterocycles. The molecular formula is C24H20ClNO4S. The van der Waals surface area contributed by atoms with Crippen LogP contribution in [0, 0.1) is 0 Å². The summed E-state index contributed by atoms with van der Waals surface area (Å²) in [5, 5.41) is 2.67. The molecule has 0 amide bonds. The van der Waals surface area contributed by atoms with Crippen molar-refractivity contribution in [2.75, 3.05) is 7.11 Å². The Morgan fingerprint density at radius 2 is 1.74 bits per heavy atom. The summed E-state index contributed by atoms with van der Waals surface area (Å²) >= 11 is 7.58. The molecule has 5 nitrogen and oxygen atoms in total. The zero-order valence-corrected chi connectivity index (χ0v) is 18.6. The number of fused-ring (bicyclic) bond motifs is 1. The standard InChI is InChI=1S/C24H20ClNO4S/c1-15(17-5-7-18(8-6-17)23(27)29-2)30-24(28)21-13-22-20(11-12-31-22)26(21)14-16-3-9-19(25)10-4-16/h3-13,15H,14H2,1-2H3/t15-/m0/s1. The Morgan fingerprint density at radius 1 is 1.03 bits per heavy atom. The Kier molecular flexibility index (Phi) is 6.11. The van der Waals surface area contributed by atoms with Gasteiger partial charge in [-0.05, 0) is 59.8 Å². The Hall–Kier alpha value is -3.09. The van der Waals surface area contributed by atoms with Gasteiger partial charge in [-0.25, -0.2) is 9.59 Å². The van der Waals surface area contributed by atoms with E-state index in [9.17, 15) is 9.59 Å². The fourth-order valence-electron chi connectivity index (χ4n) is 3.39. The molecule has 0 fully saturated rings. The minimum Gasteiger partial charge on any atom is -0.465 e. The number of hydrogen-bond acceptors (Lipinski definition) is 5. The summed E-state index contributed by atoms with van der Waals surface area (Å²) in [6.07, 6.45) is -0.476. The third kappa shape index (κ3) is 4.50. The van der Waals surface area contributed by atoms with E-state index in [2.05, 4.69) is 0 Å². The summed E-state index contributed by atoms with van der Waals surface area (Å²) in [5.74, 6) is -0.807. The third-order valence-electron chi connectivity index (χ3n) is 5.07. The van der Waals surface area contributed by atoms with Crippen LogP contribution in [0.15, 0.2) is 66.0 Å². The number of methoxy groups -OCH3 is 1. The smallest absolute Gasteiger partial charge is 0.355 e. The molecule has 2 aromatic heterocycles. The molecule has 4 rings (SSSR count). The number of aromatic nitrogens is 1. The first kappa shape index (κ1) is 21.2. The minimum absolute atomic E-state index is 0.401. The van der Waals surface area contributed by atoms with Crippen LogP contribution < -0.4 is 0 Å². The highest BCUT2D eigenvalue weighted by atomic mass is 35.5. The average Bonchev–Trinajstić information content (AvgIpc) is 3.37. The van der Waals surface area contributed by atoms with Crippen molar-refractivity contribution in [2.45, 2.75) is 19.6 Å². The van der Waals surface area contributed by atoms with E-state index in [4.69, 9.17) is 21.1 Å². The molecule has 158 valence electrons. The Morgan fingerprint density at radius 3 is 2.42 bits per heavy atom. The lowest BCUT2D eigenvalue weighted by molar-refractivity contribution is 0.0325. The van der Waals surface area contributed by atoms with Crippen molar-refractivity contribution >= 4 is 45.1 Å². The lowest BCUT2D eigenvalue weighted by Gasteiger charge is -2.16. The van der Waals surface area contributed by atoms with Gasteiger partial charge >= 0.3 is 11.9 Å². The van der Waals surface area contributed by atoms with Crippen molar-refractivity contribution in [1.82, 2.24) is 4.57 Å². The zero-order chi connectivity index (χ0) is 22.0. The van der Waals surface area contributed by atoms with Crippen molar-refractivity contribution in [3.8, 4) is 0 Å². The van der Waals surface area contributed by atoms with E-state index < -0.39 is 18.0 Å². The number of carbonyl (C=O) groups excluding carboxylic acids is 2. The highest BCUT2D eigenvalue weighted by molar-refractivity contribution is 7.17. The normalized spacial score (nSPS) is 12.0. The number of carbonyl (C=O) groups is 2. The van der Waals surface area contributed by atoms with Gasteiger partial charge in [-0.1, -0.05) is 35.9 Å². The van der Waals surface area contributed by atoms with Gasteiger partial charge in [-0.3, -0.25) is 0 Å². The van der Waals surface area contributed by atoms with Gasteiger partial charge in [0.25, 0.3) is 0 Å². The molecule has 7 heteroatoms. The van der Waals surface area contributed by atoms with Gasteiger partial charge in [-0.15, -0.1) is 11.3 Å². The molecule has 0 radical (unpaired) electrons. The number of halogens is 1. The summed E-state index contributed by atoms with van der Waals surface area (Å²) < 4.78 is 13.5. The first-order valence-corrected chi connectivity index (χ1v) is 10.9. The van der Waals surface area contributed by atoms with E-state index in [-0.39, 0.29) is 0 Å². The number of ether oxygens (including phenoxy) is 2. The molecule has 0 bridgehead atoms. The first-order valence-electron chi connectivity index (χ1n) is 9.66. The average molecular weight is 454 g/mol.